The van der Waals surface area contributed by atoms with Gasteiger partial charge in [0.2, 0.25) is 10.3 Å². The summed E-state index contributed by atoms with van der Waals surface area (Å²) in [6.07, 6.45) is 2.11. The molecule has 5 rings (SSSR count). The number of hydrogen-bond acceptors (Lipinski definition) is 8. The SMILES string of the molecule is COc1cccc(N2CCN(Cc3cccn3-c3nnc(N4CCN(C)CC4)s3)CC2)c1. The molecule has 170 valence electrons. The van der Waals surface area contributed by atoms with E-state index in [1.165, 1.54) is 11.4 Å². The molecule has 0 aliphatic carbocycles. The number of methoxy groups -OCH3 is 1. The van der Waals surface area contributed by atoms with Gasteiger partial charge in [-0.25, -0.2) is 0 Å². The molecule has 2 saturated heterocycles. The maximum Gasteiger partial charge on any atom is 0.218 e. The van der Waals surface area contributed by atoms with Gasteiger partial charge >= 0.3 is 0 Å². The van der Waals surface area contributed by atoms with Crippen molar-refractivity contribution in [1.29, 1.82) is 0 Å². The van der Waals surface area contributed by atoms with E-state index in [0.29, 0.717) is 0 Å². The Labute approximate surface area is 193 Å². The second kappa shape index (κ2) is 9.48. The van der Waals surface area contributed by atoms with Crippen LogP contribution in [0.3, 0.4) is 0 Å². The molecule has 0 bridgehead atoms. The van der Waals surface area contributed by atoms with E-state index in [9.17, 15) is 0 Å². The van der Waals surface area contributed by atoms with Crippen molar-refractivity contribution in [1.82, 2.24) is 24.6 Å². The summed E-state index contributed by atoms with van der Waals surface area (Å²) in [6.45, 7) is 9.19. The minimum Gasteiger partial charge on any atom is -0.497 e. The van der Waals surface area contributed by atoms with Gasteiger partial charge in [0.25, 0.3) is 0 Å². The quantitative estimate of drug-likeness (QED) is 0.568. The van der Waals surface area contributed by atoms with Gasteiger partial charge < -0.3 is 19.4 Å². The Morgan fingerprint density at radius 1 is 0.875 bits per heavy atom. The van der Waals surface area contributed by atoms with Crippen LogP contribution in [-0.4, -0.2) is 91.1 Å². The molecule has 2 fully saturated rings. The van der Waals surface area contributed by atoms with Crippen LogP contribution in [0.2, 0.25) is 0 Å². The molecule has 32 heavy (non-hydrogen) atoms. The Morgan fingerprint density at radius 3 is 2.41 bits per heavy atom. The molecule has 0 N–H and O–H groups in total. The van der Waals surface area contributed by atoms with Crippen molar-refractivity contribution in [3.8, 4) is 10.9 Å². The van der Waals surface area contributed by atoms with Gasteiger partial charge in [-0.3, -0.25) is 9.47 Å². The summed E-state index contributed by atoms with van der Waals surface area (Å²) in [4.78, 5) is 9.66. The lowest BCUT2D eigenvalue weighted by molar-refractivity contribution is 0.246. The van der Waals surface area contributed by atoms with Crippen LogP contribution in [0.4, 0.5) is 10.8 Å². The fraction of sp³-hybridized carbons (Fsp3) is 0.478. The molecule has 0 amide bonds. The number of ether oxygens (including phenoxy) is 1. The van der Waals surface area contributed by atoms with E-state index in [2.05, 4.69) is 77.9 Å². The first-order chi connectivity index (χ1) is 15.7. The highest BCUT2D eigenvalue weighted by Crippen LogP contribution is 2.26. The Kier molecular flexibility index (Phi) is 6.29. The van der Waals surface area contributed by atoms with Gasteiger partial charge in [-0.2, -0.15) is 0 Å². The number of piperazine rings is 2. The zero-order valence-corrected chi connectivity index (χ0v) is 19.7. The van der Waals surface area contributed by atoms with Crippen LogP contribution in [0.5, 0.6) is 5.75 Å². The maximum absolute atomic E-state index is 5.38. The minimum atomic E-state index is 0.913. The second-order valence-corrected chi connectivity index (χ2v) is 9.43. The zero-order valence-electron chi connectivity index (χ0n) is 18.9. The third-order valence-electron chi connectivity index (χ3n) is 6.39. The van der Waals surface area contributed by atoms with E-state index in [1.54, 1.807) is 18.4 Å². The maximum atomic E-state index is 5.38. The molecule has 4 heterocycles. The summed E-state index contributed by atoms with van der Waals surface area (Å²) in [5, 5.41) is 11.0. The molecular formula is C23H31N7OS. The van der Waals surface area contributed by atoms with E-state index >= 15 is 0 Å². The van der Waals surface area contributed by atoms with Crippen LogP contribution >= 0.6 is 11.3 Å². The van der Waals surface area contributed by atoms with Crippen LogP contribution < -0.4 is 14.5 Å². The van der Waals surface area contributed by atoms with Crippen LogP contribution in [0.15, 0.2) is 42.6 Å². The van der Waals surface area contributed by atoms with E-state index < -0.39 is 0 Å². The number of rotatable bonds is 6. The first-order valence-electron chi connectivity index (χ1n) is 11.2. The Bertz CT molecular complexity index is 1020. The Hall–Kier alpha value is -2.62. The van der Waals surface area contributed by atoms with Crippen LogP contribution in [0.25, 0.3) is 5.13 Å². The lowest BCUT2D eigenvalue weighted by Crippen LogP contribution is -2.46. The summed E-state index contributed by atoms with van der Waals surface area (Å²) >= 11 is 1.69. The van der Waals surface area contributed by atoms with Crippen molar-refractivity contribution in [3.05, 3.63) is 48.3 Å². The van der Waals surface area contributed by atoms with Gasteiger partial charge in [0.05, 0.1) is 7.11 Å². The monoisotopic (exact) mass is 453 g/mol. The van der Waals surface area contributed by atoms with E-state index in [-0.39, 0.29) is 0 Å². The molecule has 9 heteroatoms. The highest BCUT2D eigenvalue weighted by Gasteiger charge is 2.21. The average molecular weight is 454 g/mol. The van der Waals surface area contributed by atoms with Crippen molar-refractivity contribution in [2.24, 2.45) is 0 Å². The zero-order chi connectivity index (χ0) is 21.9. The standard InChI is InChI=1S/C23H31N7OS/c1-26-9-13-29(14-10-26)22-24-25-23(32-22)30-8-4-6-20(30)18-27-11-15-28(16-12-27)19-5-3-7-21(17-19)31-2/h3-8,17H,9-16,18H2,1-2H3. The molecule has 0 spiro atoms. The first-order valence-corrected chi connectivity index (χ1v) is 12.1. The van der Waals surface area contributed by atoms with Crippen molar-refractivity contribution < 1.29 is 4.74 Å². The highest BCUT2D eigenvalue weighted by atomic mass is 32.1. The molecule has 0 atom stereocenters. The van der Waals surface area contributed by atoms with Gasteiger partial charge in [-0.15, -0.1) is 10.2 Å². The summed E-state index contributed by atoms with van der Waals surface area (Å²) in [5.41, 5.74) is 2.50. The molecule has 0 radical (unpaired) electrons. The smallest absolute Gasteiger partial charge is 0.218 e. The summed E-state index contributed by atoms with van der Waals surface area (Å²) in [7, 11) is 3.89. The third-order valence-corrected chi connectivity index (χ3v) is 7.38. The fourth-order valence-electron chi connectivity index (χ4n) is 4.36. The molecule has 0 saturated carbocycles. The highest BCUT2D eigenvalue weighted by molar-refractivity contribution is 7.17. The van der Waals surface area contributed by atoms with Crippen LogP contribution in [0, 0.1) is 0 Å². The van der Waals surface area contributed by atoms with Gasteiger partial charge in [0, 0.05) is 82.5 Å². The fourth-order valence-corrected chi connectivity index (χ4v) is 5.28. The van der Waals surface area contributed by atoms with Gasteiger partial charge in [-0.05, 0) is 31.3 Å². The van der Waals surface area contributed by atoms with Crippen molar-refractivity contribution >= 4 is 22.2 Å². The Balaban J connectivity index is 1.21. The van der Waals surface area contributed by atoms with E-state index in [1.807, 2.05) is 6.07 Å². The average Bonchev–Trinajstić information content (AvgIpc) is 3.50. The molecule has 1 aromatic carbocycles. The molecular weight excluding hydrogens is 422 g/mol. The predicted molar refractivity (Wildman–Crippen MR) is 129 cm³/mol. The van der Waals surface area contributed by atoms with Crippen LogP contribution in [0.1, 0.15) is 5.69 Å². The molecule has 2 aromatic heterocycles. The normalized spacial score (nSPS) is 18.3. The molecule has 8 nitrogen and oxygen atoms in total. The summed E-state index contributed by atoms with van der Waals surface area (Å²) in [5.74, 6) is 0.913. The number of hydrogen-bond donors (Lipinski definition) is 0. The molecule has 2 aliphatic heterocycles. The molecule has 0 unspecified atom stereocenters. The number of benzene rings is 1. The lowest BCUT2D eigenvalue weighted by Gasteiger charge is -2.36. The summed E-state index contributed by atoms with van der Waals surface area (Å²) < 4.78 is 7.58. The number of anilines is 2. The van der Waals surface area contributed by atoms with Gasteiger partial charge in [-0.1, -0.05) is 17.4 Å². The van der Waals surface area contributed by atoms with E-state index in [4.69, 9.17) is 4.74 Å². The second-order valence-electron chi connectivity index (χ2n) is 8.49. The topological polar surface area (TPSA) is 52.9 Å². The van der Waals surface area contributed by atoms with Crippen molar-refractivity contribution in [2.45, 2.75) is 6.54 Å². The molecule has 2 aliphatic rings. The lowest BCUT2D eigenvalue weighted by atomic mass is 10.2. The predicted octanol–water partition coefficient (Wildman–Crippen LogP) is 2.41. The van der Waals surface area contributed by atoms with Crippen molar-refractivity contribution in [3.63, 3.8) is 0 Å². The summed E-state index contributed by atoms with van der Waals surface area (Å²) in [6, 6.07) is 12.7. The Morgan fingerprint density at radius 2 is 1.62 bits per heavy atom. The molecule has 3 aromatic rings. The van der Waals surface area contributed by atoms with Crippen molar-refractivity contribution in [2.75, 3.05) is 76.3 Å². The number of likely N-dealkylation sites (N-methyl/N-ethyl adjacent to an activating group) is 1. The first kappa shape index (κ1) is 21.2. The third kappa shape index (κ3) is 4.60. The number of nitrogens with zero attached hydrogens (tertiary/aromatic N) is 7. The van der Waals surface area contributed by atoms with E-state index in [0.717, 1.165) is 74.9 Å². The largest absolute Gasteiger partial charge is 0.497 e. The van der Waals surface area contributed by atoms with Gasteiger partial charge in [0.15, 0.2) is 0 Å². The number of aromatic nitrogens is 3. The van der Waals surface area contributed by atoms with Gasteiger partial charge in [0.1, 0.15) is 5.75 Å². The van der Waals surface area contributed by atoms with Crippen LogP contribution in [-0.2, 0) is 6.54 Å². The minimum absolute atomic E-state index is 0.913.